The molecule has 0 radical (unpaired) electrons. The van der Waals surface area contributed by atoms with Crippen LogP contribution in [0.25, 0.3) is 0 Å². The zero-order chi connectivity index (χ0) is 14.5. The summed E-state index contributed by atoms with van der Waals surface area (Å²) in [5, 5.41) is 8.90. The highest BCUT2D eigenvalue weighted by atomic mass is 35.5. The molecule has 4 nitrogen and oxygen atoms in total. The Morgan fingerprint density at radius 3 is 2.85 bits per heavy atom. The second-order valence-corrected chi connectivity index (χ2v) is 5.89. The van der Waals surface area contributed by atoms with Gasteiger partial charge in [0.15, 0.2) is 0 Å². The molecule has 5 heteroatoms. The molecule has 1 aromatic rings. The Morgan fingerprint density at radius 1 is 1.50 bits per heavy atom. The number of rotatable bonds is 7. The fraction of sp³-hybridized carbons (Fsp3) is 0.800. The van der Waals surface area contributed by atoms with E-state index in [1.54, 1.807) is 0 Å². The summed E-state index contributed by atoms with van der Waals surface area (Å²) in [5.41, 5.74) is 2.13. The van der Waals surface area contributed by atoms with Crippen molar-refractivity contribution in [3.8, 4) is 0 Å². The van der Waals surface area contributed by atoms with Gasteiger partial charge in [-0.25, -0.2) is 0 Å². The lowest BCUT2D eigenvalue weighted by Gasteiger charge is -2.21. The molecule has 2 heterocycles. The van der Waals surface area contributed by atoms with Crippen LogP contribution in [-0.2, 0) is 24.6 Å². The van der Waals surface area contributed by atoms with Crippen LogP contribution >= 0.6 is 11.6 Å². The maximum Gasteiger partial charge on any atom is 0.0850 e. The largest absolute Gasteiger partial charge is 0.378 e. The maximum atomic E-state index is 6.45. The number of aryl methyl sites for hydroxylation is 2. The van der Waals surface area contributed by atoms with Gasteiger partial charge in [-0.05, 0) is 32.2 Å². The van der Waals surface area contributed by atoms with E-state index < -0.39 is 0 Å². The van der Waals surface area contributed by atoms with Crippen molar-refractivity contribution in [2.75, 3.05) is 13.2 Å². The number of halogens is 1. The van der Waals surface area contributed by atoms with E-state index in [4.69, 9.17) is 16.3 Å². The predicted molar refractivity (Wildman–Crippen MR) is 82.4 cm³/mol. The van der Waals surface area contributed by atoms with Crippen molar-refractivity contribution in [2.45, 2.75) is 58.1 Å². The first-order valence-corrected chi connectivity index (χ1v) is 8.08. The molecule has 0 bridgehead atoms. The van der Waals surface area contributed by atoms with Gasteiger partial charge in [0, 0.05) is 26.1 Å². The van der Waals surface area contributed by atoms with Crippen LogP contribution in [0.4, 0.5) is 0 Å². The van der Waals surface area contributed by atoms with Gasteiger partial charge in [-0.1, -0.05) is 25.4 Å². The third-order valence-electron chi connectivity index (χ3n) is 4.01. The molecule has 1 aliphatic rings. The first-order chi connectivity index (χ1) is 9.65. The van der Waals surface area contributed by atoms with Crippen molar-refractivity contribution in [2.24, 2.45) is 7.05 Å². The van der Waals surface area contributed by atoms with E-state index in [1.807, 2.05) is 11.7 Å². The van der Waals surface area contributed by atoms with Crippen molar-refractivity contribution in [3.63, 3.8) is 0 Å². The SMILES string of the molecule is CCNC(Cc1c(Cl)c(CC)nn1C)CC1CCCO1. The minimum absolute atomic E-state index is 0.400. The molecule has 1 fully saturated rings. The van der Waals surface area contributed by atoms with Gasteiger partial charge in [-0.2, -0.15) is 5.10 Å². The first-order valence-electron chi connectivity index (χ1n) is 7.70. The molecule has 1 aliphatic heterocycles. The van der Waals surface area contributed by atoms with E-state index in [9.17, 15) is 0 Å². The Balaban J connectivity index is 2.04. The lowest BCUT2D eigenvalue weighted by Crippen LogP contribution is -2.35. The average molecular weight is 300 g/mol. The molecule has 0 saturated carbocycles. The van der Waals surface area contributed by atoms with E-state index in [-0.39, 0.29) is 0 Å². The van der Waals surface area contributed by atoms with Crippen molar-refractivity contribution < 1.29 is 4.74 Å². The number of likely N-dealkylation sites (N-methyl/N-ethyl adjacent to an activating group) is 1. The van der Waals surface area contributed by atoms with Crippen LogP contribution in [0, 0.1) is 0 Å². The Labute approximate surface area is 126 Å². The topological polar surface area (TPSA) is 39.1 Å². The minimum Gasteiger partial charge on any atom is -0.378 e. The van der Waals surface area contributed by atoms with Crippen molar-refractivity contribution in [1.82, 2.24) is 15.1 Å². The lowest BCUT2D eigenvalue weighted by molar-refractivity contribution is 0.0946. The summed E-state index contributed by atoms with van der Waals surface area (Å²) in [6.45, 7) is 6.11. The van der Waals surface area contributed by atoms with Crippen LogP contribution in [-0.4, -0.2) is 35.1 Å². The second kappa shape index (κ2) is 7.43. The fourth-order valence-corrected chi connectivity index (χ4v) is 3.32. The summed E-state index contributed by atoms with van der Waals surface area (Å²) in [4.78, 5) is 0. The number of ether oxygens (including phenoxy) is 1. The quantitative estimate of drug-likeness (QED) is 0.841. The normalized spacial score (nSPS) is 20.5. The van der Waals surface area contributed by atoms with Crippen LogP contribution in [0.3, 0.4) is 0 Å². The summed E-state index contributed by atoms with van der Waals surface area (Å²) in [6, 6.07) is 0.403. The molecule has 1 aromatic heterocycles. The second-order valence-electron chi connectivity index (χ2n) is 5.51. The zero-order valence-corrected chi connectivity index (χ0v) is 13.5. The molecule has 20 heavy (non-hydrogen) atoms. The minimum atomic E-state index is 0.400. The molecule has 0 aliphatic carbocycles. The number of aromatic nitrogens is 2. The van der Waals surface area contributed by atoms with Crippen LogP contribution in [0.2, 0.25) is 5.02 Å². The Morgan fingerprint density at radius 2 is 2.30 bits per heavy atom. The van der Waals surface area contributed by atoms with Crippen LogP contribution in [0.15, 0.2) is 0 Å². The Hall–Kier alpha value is -0.580. The molecule has 2 atom stereocenters. The van der Waals surface area contributed by atoms with E-state index in [2.05, 4.69) is 24.3 Å². The lowest BCUT2D eigenvalue weighted by atomic mass is 10.0. The Kier molecular flexibility index (Phi) is 5.87. The molecule has 1 saturated heterocycles. The van der Waals surface area contributed by atoms with Crippen molar-refractivity contribution in [3.05, 3.63) is 16.4 Å². The van der Waals surface area contributed by atoms with Gasteiger partial charge in [0.1, 0.15) is 0 Å². The monoisotopic (exact) mass is 299 g/mol. The highest BCUT2D eigenvalue weighted by molar-refractivity contribution is 6.31. The van der Waals surface area contributed by atoms with Crippen molar-refractivity contribution in [1.29, 1.82) is 0 Å². The summed E-state index contributed by atoms with van der Waals surface area (Å²) >= 11 is 6.45. The number of hydrogen-bond donors (Lipinski definition) is 1. The standard InChI is InChI=1S/C15H26ClN3O/c1-4-13-15(16)14(19(3)18-13)10-11(17-5-2)9-12-7-6-8-20-12/h11-12,17H,4-10H2,1-3H3. The number of hydrogen-bond acceptors (Lipinski definition) is 3. The van der Waals surface area contributed by atoms with E-state index >= 15 is 0 Å². The maximum absolute atomic E-state index is 6.45. The van der Waals surface area contributed by atoms with E-state index in [0.29, 0.717) is 12.1 Å². The molecule has 114 valence electrons. The summed E-state index contributed by atoms with van der Waals surface area (Å²) in [7, 11) is 1.98. The average Bonchev–Trinajstić information content (AvgIpc) is 3.02. The molecular weight excluding hydrogens is 274 g/mol. The molecule has 2 unspecified atom stereocenters. The van der Waals surface area contributed by atoms with E-state index in [1.165, 1.54) is 12.8 Å². The smallest absolute Gasteiger partial charge is 0.0850 e. The molecule has 1 N–H and O–H groups in total. The molecule has 0 aromatic carbocycles. The van der Waals surface area contributed by atoms with Gasteiger partial charge in [0.05, 0.1) is 22.5 Å². The fourth-order valence-electron chi connectivity index (χ4n) is 2.95. The van der Waals surface area contributed by atoms with Crippen LogP contribution < -0.4 is 5.32 Å². The summed E-state index contributed by atoms with van der Waals surface area (Å²) in [6.07, 6.45) is 5.62. The molecular formula is C15H26ClN3O. The van der Waals surface area contributed by atoms with Crippen LogP contribution in [0.1, 0.15) is 44.5 Å². The highest BCUT2D eigenvalue weighted by Crippen LogP contribution is 2.24. The van der Waals surface area contributed by atoms with Gasteiger partial charge in [-0.3, -0.25) is 4.68 Å². The third kappa shape index (κ3) is 3.74. The van der Waals surface area contributed by atoms with Crippen molar-refractivity contribution >= 4 is 11.6 Å². The number of nitrogens with one attached hydrogen (secondary N) is 1. The summed E-state index contributed by atoms with van der Waals surface area (Å²) in [5.74, 6) is 0. The number of nitrogens with zero attached hydrogens (tertiary/aromatic N) is 2. The van der Waals surface area contributed by atoms with Gasteiger partial charge in [-0.15, -0.1) is 0 Å². The van der Waals surface area contributed by atoms with Gasteiger partial charge in [0.2, 0.25) is 0 Å². The predicted octanol–water partition coefficient (Wildman–Crippen LogP) is 2.73. The highest BCUT2D eigenvalue weighted by Gasteiger charge is 2.23. The van der Waals surface area contributed by atoms with Gasteiger partial charge < -0.3 is 10.1 Å². The molecule has 2 rings (SSSR count). The molecule has 0 amide bonds. The summed E-state index contributed by atoms with van der Waals surface area (Å²) < 4.78 is 7.69. The van der Waals surface area contributed by atoms with Gasteiger partial charge in [0.25, 0.3) is 0 Å². The molecule has 0 spiro atoms. The Bertz CT molecular complexity index is 427. The van der Waals surface area contributed by atoms with Gasteiger partial charge >= 0.3 is 0 Å². The van der Waals surface area contributed by atoms with E-state index in [0.717, 1.165) is 48.8 Å². The first kappa shape index (κ1) is 15.8. The third-order valence-corrected chi connectivity index (χ3v) is 4.44. The van der Waals surface area contributed by atoms with Crippen LogP contribution in [0.5, 0.6) is 0 Å². The zero-order valence-electron chi connectivity index (χ0n) is 12.8.